The van der Waals surface area contributed by atoms with Crippen LogP contribution < -0.4 is 10.5 Å². The smallest absolute Gasteiger partial charge is 0.266 e. The van der Waals surface area contributed by atoms with E-state index < -0.39 is 0 Å². The van der Waals surface area contributed by atoms with Crippen LogP contribution in [0.5, 0.6) is 0 Å². The van der Waals surface area contributed by atoms with Gasteiger partial charge in [-0.05, 0) is 32.9 Å². The number of benzene rings is 1. The minimum atomic E-state index is -0.188. The second-order valence-corrected chi connectivity index (χ2v) is 9.99. The first-order valence-electron chi connectivity index (χ1n) is 11.2. The van der Waals surface area contributed by atoms with Crippen molar-refractivity contribution >= 4 is 56.9 Å². The van der Waals surface area contributed by atoms with E-state index in [0.717, 1.165) is 16.6 Å². The summed E-state index contributed by atoms with van der Waals surface area (Å²) in [5.41, 5.74) is 2.14. The van der Waals surface area contributed by atoms with Gasteiger partial charge in [0.1, 0.15) is 4.32 Å². The van der Waals surface area contributed by atoms with E-state index in [-0.39, 0.29) is 23.7 Å². The predicted octanol–water partition coefficient (Wildman–Crippen LogP) is 3.48. The highest BCUT2D eigenvalue weighted by Gasteiger charge is 2.33. The van der Waals surface area contributed by atoms with Gasteiger partial charge >= 0.3 is 0 Å². The Balaban J connectivity index is 1.91. The summed E-state index contributed by atoms with van der Waals surface area (Å²) in [6.07, 6.45) is 1.79. The zero-order valence-corrected chi connectivity index (χ0v) is 21.0. The fourth-order valence-electron chi connectivity index (χ4n) is 4.56. The molecule has 0 saturated carbocycles. The normalized spacial score (nSPS) is 22.7. The molecule has 0 N–H and O–H groups in total. The van der Waals surface area contributed by atoms with Crippen LogP contribution in [0.15, 0.2) is 34.0 Å². The number of ether oxygens (including phenoxy) is 2. The number of thioether (sulfide) groups is 1. The lowest BCUT2D eigenvalue weighted by atomic mass is 10.0. The van der Waals surface area contributed by atoms with E-state index in [9.17, 15) is 9.59 Å². The van der Waals surface area contributed by atoms with Crippen molar-refractivity contribution in [2.24, 2.45) is 0 Å². The molecule has 2 unspecified atom stereocenters. The van der Waals surface area contributed by atoms with Crippen molar-refractivity contribution in [3.63, 3.8) is 0 Å². The molecule has 176 valence electrons. The lowest BCUT2D eigenvalue weighted by Gasteiger charge is -2.38. The van der Waals surface area contributed by atoms with Crippen LogP contribution >= 0.6 is 24.0 Å². The average molecular weight is 488 g/mol. The Morgan fingerprint density at radius 2 is 1.91 bits per heavy atom. The van der Waals surface area contributed by atoms with Crippen molar-refractivity contribution in [1.29, 1.82) is 0 Å². The third-order valence-electron chi connectivity index (χ3n) is 5.90. The third-order valence-corrected chi connectivity index (χ3v) is 7.28. The molecule has 0 aliphatic carbocycles. The first-order chi connectivity index (χ1) is 15.8. The van der Waals surface area contributed by atoms with Crippen molar-refractivity contribution in [1.82, 2.24) is 9.47 Å². The zero-order chi connectivity index (χ0) is 23.7. The zero-order valence-electron chi connectivity index (χ0n) is 19.4. The standard InChI is InChI=1S/C24H29N3O4S2/c1-5-26-19-9-7-6-8-17(19)21(25-13-15(2)31-16(3)14-25)18(22(26)28)12-20-23(29)27(10-11-30-4)24(32)33-20/h6-9,12,15-16H,5,10-11,13-14H2,1-4H3. The van der Waals surface area contributed by atoms with Crippen LogP contribution in [0, 0.1) is 0 Å². The van der Waals surface area contributed by atoms with Gasteiger partial charge in [-0.3, -0.25) is 14.5 Å². The number of carbonyl (C=O) groups excluding carboxylic acids is 1. The van der Waals surface area contributed by atoms with Gasteiger partial charge in [0, 0.05) is 32.1 Å². The Kier molecular flexibility index (Phi) is 7.23. The molecule has 2 atom stereocenters. The fourth-order valence-corrected chi connectivity index (χ4v) is 5.85. The maximum atomic E-state index is 13.7. The number of methoxy groups -OCH3 is 1. The van der Waals surface area contributed by atoms with Gasteiger partial charge in [0.05, 0.1) is 47.0 Å². The highest BCUT2D eigenvalue weighted by molar-refractivity contribution is 8.26. The van der Waals surface area contributed by atoms with Crippen LogP contribution in [0.3, 0.4) is 0 Å². The molecule has 2 fully saturated rings. The second kappa shape index (κ2) is 9.97. The number of amides is 1. The molecular weight excluding hydrogens is 458 g/mol. The Morgan fingerprint density at radius 3 is 2.58 bits per heavy atom. The number of hydrogen-bond donors (Lipinski definition) is 0. The van der Waals surface area contributed by atoms with Gasteiger partial charge in [-0.2, -0.15) is 0 Å². The number of rotatable bonds is 6. The summed E-state index contributed by atoms with van der Waals surface area (Å²) in [6.45, 7) is 8.69. The Morgan fingerprint density at radius 1 is 1.21 bits per heavy atom. The molecule has 33 heavy (non-hydrogen) atoms. The van der Waals surface area contributed by atoms with E-state index in [4.69, 9.17) is 21.7 Å². The fraction of sp³-hybridized carbons (Fsp3) is 0.458. The van der Waals surface area contributed by atoms with Crippen LogP contribution in [0.1, 0.15) is 26.3 Å². The van der Waals surface area contributed by atoms with Crippen molar-refractivity contribution in [3.8, 4) is 0 Å². The summed E-state index contributed by atoms with van der Waals surface area (Å²) in [5.74, 6) is -0.188. The third kappa shape index (κ3) is 4.59. The Bertz CT molecular complexity index is 1170. The summed E-state index contributed by atoms with van der Waals surface area (Å²) in [7, 11) is 1.59. The van der Waals surface area contributed by atoms with E-state index in [1.807, 2.05) is 45.0 Å². The van der Waals surface area contributed by atoms with Crippen molar-refractivity contribution < 1.29 is 14.3 Å². The number of morpholine rings is 1. The molecule has 2 saturated heterocycles. The lowest BCUT2D eigenvalue weighted by molar-refractivity contribution is -0.122. The van der Waals surface area contributed by atoms with Crippen molar-refractivity contribution in [2.45, 2.75) is 39.5 Å². The summed E-state index contributed by atoms with van der Waals surface area (Å²) in [4.78, 5) is 31.1. The summed E-state index contributed by atoms with van der Waals surface area (Å²) >= 11 is 6.67. The molecule has 1 aromatic carbocycles. The van der Waals surface area contributed by atoms with Gasteiger partial charge in [-0.1, -0.05) is 42.2 Å². The summed E-state index contributed by atoms with van der Waals surface area (Å²) in [6, 6.07) is 7.95. The number of thiocarbonyl (C=S) groups is 1. The Hall–Kier alpha value is -2.20. The SMILES string of the molecule is CCn1c(=O)c(C=C2SC(=S)N(CCOC)C2=O)c(N2CC(C)OC(C)C2)c2ccccc21. The van der Waals surface area contributed by atoms with Crippen LogP contribution in [-0.2, 0) is 20.8 Å². The predicted molar refractivity (Wildman–Crippen MR) is 138 cm³/mol. The molecule has 7 nitrogen and oxygen atoms in total. The van der Waals surface area contributed by atoms with E-state index in [0.29, 0.717) is 47.6 Å². The number of hydrogen-bond acceptors (Lipinski definition) is 7. The molecule has 4 rings (SSSR count). The largest absolute Gasteiger partial charge is 0.383 e. The first kappa shape index (κ1) is 23.9. The van der Waals surface area contributed by atoms with E-state index >= 15 is 0 Å². The highest BCUT2D eigenvalue weighted by Crippen LogP contribution is 2.36. The minimum Gasteiger partial charge on any atom is -0.383 e. The summed E-state index contributed by atoms with van der Waals surface area (Å²) in [5, 5.41) is 0.987. The van der Waals surface area contributed by atoms with E-state index in [1.165, 1.54) is 16.7 Å². The topological polar surface area (TPSA) is 64.0 Å². The number of para-hydroxylation sites is 1. The molecule has 0 bridgehead atoms. The van der Waals surface area contributed by atoms with Gasteiger partial charge in [0.15, 0.2) is 0 Å². The van der Waals surface area contributed by atoms with E-state index in [1.54, 1.807) is 17.8 Å². The van der Waals surface area contributed by atoms with Crippen LogP contribution in [0.25, 0.3) is 17.0 Å². The molecule has 0 spiro atoms. The maximum absolute atomic E-state index is 13.7. The minimum absolute atomic E-state index is 0.0289. The molecule has 1 amide bonds. The van der Waals surface area contributed by atoms with E-state index in [2.05, 4.69) is 4.90 Å². The quantitative estimate of drug-likeness (QED) is 0.457. The molecule has 3 heterocycles. The molecule has 9 heteroatoms. The van der Waals surface area contributed by atoms with Gasteiger partial charge in [0.25, 0.3) is 11.5 Å². The molecular formula is C24H29N3O4S2. The first-order valence-corrected chi connectivity index (χ1v) is 12.4. The molecule has 2 aliphatic rings. The van der Waals surface area contributed by atoms with Crippen LogP contribution in [0.4, 0.5) is 5.69 Å². The Labute approximate surface area is 203 Å². The molecule has 1 aromatic heterocycles. The molecule has 2 aliphatic heterocycles. The lowest BCUT2D eigenvalue weighted by Crippen LogP contribution is -2.46. The number of fused-ring (bicyclic) bond motifs is 1. The van der Waals surface area contributed by atoms with Gasteiger partial charge in [-0.15, -0.1) is 0 Å². The number of aromatic nitrogens is 1. The maximum Gasteiger partial charge on any atom is 0.266 e. The number of nitrogens with zero attached hydrogens (tertiary/aromatic N) is 3. The van der Waals surface area contributed by atoms with Crippen molar-refractivity contribution in [2.75, 3.05) is 38.3 Å². The van der Waals surface area contributed by atoms with Gasteiger partial charge < -0.3 is 18.9 Å². The second-order valence-electron chi connectivity index (χ2n) is 8.32. The highest BCUT2D eigenvalue weighted by atomic mass is 32.2. The van der Waals surface area contributed by atoms with Gasteiger partial charge in [0.2, 0.25) is 0 Å². The number of carbonyl (C=O) groups is 1. The monoisotopic (exact) mass is 487 g/mol. The van der Waals surface area contributed by atoms with Gasteiger partial charge in [-0.25, -0.2) is 0 Å². The van der Waals surface area contributed by atoms with Crippen LogP contribution in [0.2, 0.25) is 0 Å². The summed E-state index contributed by atoms with van der Waals surface area (Å²) < 4.78 is 13.3. The van der Waals surface area contributed by atoms with Crippen LogP contribution in [-0.4, -0.2) is 65.3 Å². The molecule has 2 aromatic rings. The number of pyridine rings is 1. The molecule has 0 radical (unpaired) electrons. The number of aryl methyl sites for hydroxylation is 1. The van der Waals surface area contributed by atoms with Crippen molar-refractivity contribution in [3.05, 3.63) is 45.1 Å². The average Bonchev–Trinajstić information content (AvgIpc) is 3.04. The number of anilines is 1.